The van der Waals surface area contributed by atoms with Gasteiger partial charge in [0.1, 0.15) is 11.3 Å². The smallest absolute Gasteiger partial charge is 0.136 e. The van der Waals surface area contributed by atoms with Gasteiger partial charge in [0.05, 0.1) is 5.69 Å². The van der Waals surface area contributed by atoms with Crippen molar-refractivity contribution in [3.05, 3.63) is 139 Å². The van der Waals surface area contributed by atoms with Crippen LogP contribution in [0, 0.1) is 0 Å². The molecule has 3 aromatic heterocycles. The van der Waals surface area contributed by atoms with Gasteiger partial charge >= 0.3 is 0 Å². The number of rotatable bonds is 6. The van der Waals surface area contributed by atoms with Crippen LogP contribution in [-0.2, 0) is 5.75 Å². The van der Waals surface area contributed by atoms with E-state index in [1.54, 1.807) is 0 Å². The topological polar surface area (TPSA) is 44.7 Å². The molecule has 196 valence electrons. The minimum atomic E-state index is 0.862. The molecule has 8 aromatic rings. The number of hydrogen-bond donors (Lipinski definition) is 2. The van der Waals surface area contributed by atoms with Gasteiger partial charge in [-0.05, 0) is 35.9 Å². The third-order valence-corrected chi connectivity index (χ3v) is 8.89. The minimum absolute atomic E-state index is 0.862. The normalized spacial score (nSPS) is 11.6. The molecule has 0 amide bonds. The first kappa shape index (κ1) is 23.9. The molecule has 5 aromatic carbocycles. The highest BCUT2D eigenvalue weighted by molar-refractivity contribution is 7.98. The van der Waals surface area contributed by atoms with E-state index in [0.29, 0.717) is 0 Å². The van der Waals surface area contributed by atoms with Crippen LogP contribution in [0.25, 0.3) is 66.5 Å². The van der Waals surface area contributed by atoms with Crippen LogP contribution in [0.2, 0.25) is 0 Å². The fourth-order valence-electron chi connectivity index (χ4n) is 5.78. The van der Waals surface area contributed by atoms with Crippen molar-refractivity contribution < 1.29 is 4.42 Å². The van der Waals surface area contributed by atoms with E-state index in [0.717, 1.165) is 61.3 Å². The highest BCUT2D eigenvalue weighted by Crippen LogP contribution is 2.45. The van der Waals surface area contributed by atoms with E-state index in [-0.39, 0.29) is 0 Å². The second-order valence-corrected chi connectivity index (χ2v) is 11.3. The first-order valence-electron chi connectivity index (χ1n) is 13.8. The summed E-state index contributed by atoms with van der Waals surface area (Å²) in [5, 5.41) is 4.60. The summed E-state index contributed by atoms with van der Waals surface area (Å²) in [5.74, 6) is 1.77. The van der Waals surface area contributed by atoms with Crippen LogP contribution in [0.5, 0.6) is 0 Å². The Morgan fingerprint density at radius 1 is 0.634 bits per heavy atom. The minimum Gasteiger partial charge on any atom is -0.456 e. The highest BCUT2D eigenvalue weighted by Gasteiger charge is 2.22. The number of H-pyrrole nitrogens is 2. The van der Waals surface area contributed by atoms with Gasteiger partial charge in [0.25, 0.3) is 0 Å². The zero-order valence-corrected chi connectivity index (χ0v) is 23.0. The van der Waals surface area contributed by atoms with E-state index in [4.69, 9.17) is 4.42 Å². The molecule has 0 aliphatic rings. The maximum absolute atomic E-state index is 6.56. The predicted molar refractivity (Wildman–Crippen MR) is 172 cm³/mol. The van der Waals surface area contributed by atoms with Crippen molar-refractivity contribution in [3.8, 4) is 33.8 Å². The maximum Gasteiger partial charge on any atom is 0.136 e. The molecule has 2 N–H and O–H groups in total. The summed E-state index contributed by atoms with van der Waals surface area (Å²) >= 11 is 1.87. The molecular weight excluding hydrogens is 520 g/mol. The van der Waals surface area contributed by atoms with Crippen LogP contribution in [-0.4, -0.2) is 9.97 Å². The number of furan rings is 1. The Bertz CT molecular complexity index is 2100. The fraction of sp³-hybridized carbons (Fsp3) is 0.0270. The average molecular weight is 547 g/mol. The lowest BCUT2D eigenvalue weighted by Crippen LogP contribution is -1.89. The SMILES string of the molecule is c1ccc(CSc2ccccc2-c2[nH]cc3ccc(-c4cc5ccccc5[nH]4)c(-c4cc5ccccc5o4)c23)cc1. The Morgan fingerprint density at radius 2 is 1.41 bits per heavy atom. The largest absolute Gasteiger partial charge is 0.456 e. The molecule has 3 heterocycles. The standard InChI is InChI=1S/C37H26N2OS/c1-2-10-24(11-3-1)23-41-34-17-9-6-14-29(34)37-35-27(22-38-37)18-19-28(31-20-25-12-4-7-15-30(25)39-31)36(35)33-21-26-13-5-8-16-32(26)40-33/h1-22,38-39H,23H2. The third kappa shape index (κ3) is 4.24. The van der Waals surface area contributed by atoms with Gasteiger partial charge in [0, 0.05) is 66.3 Å². The van der Waals surface area contributed by atoms with Crippen LogP contribution < -0.4 is 0 Å². The second kappa shape index (κ2) is 9.92. The van der Waals surface area contributed by atoms with Crippen LogP contribution >= 0.6 is 11.8 Å². The van der Waals surface area contributed by atoms with E-state index in [2.05, 4.69) is 131 Å². The fourth-order valence-corrected chi connectivity index (χ4v) is 6.80. The maximum atomic E-state index is 6.56. The van der Waals surface area contributed by atoms with Crippen molar-refractivity contribution in [1.29, 1.82) is 0 Å². The lowest BCUT2D eigenvalue weighted by molar-refractivity contribution is 0.632. The van der Waals surface area contributed by atoms with Gasteiger partial charge in [-0.1, -0.05) is 97.1 Å². The molecule has 0 saturated carbocycles. The predicted octanol–water partition coefficient (Wildman–Crippen LogP) is 10.7. The number of fused-ring (bicyclic) bond motifs is 3. The van der Waals surface area contributed by atoms with E-state index < -0.39 is 0 Å². The summed E-state index contributed by atoms with van der Waals surface area (Å²) in [6, 6.07) is 44.8. The Morgan fingerprint density at radius 3 is 2.29 bits per heavy atom. The van der Waals surface area contributed by atoms with Crippen molar-refractivity contribution in [2.75, 3.05) is 0 Å². The summed E-state index contributed by atoms with van der Waals surface area (Å²) in [7, 11) is 0. The highest BCUT2D eigenvalue weighted by atomic mass is 32.2. The van der Waals surface area contributed by atoms with Crippen LogP contribution in [0.1, 0.15) is 5.56 Å². The number of para-hydroxylation sites is 2. The van der Waals surface area contributed by atoms with E-state index in [9.17, 15) is 0 Å². The Kier molecular flexibility index (Phi) is 5.78. The van der Waals surface area contributed by atoms with Gasteiger partial charge < -0.3 is 14.4 Å². The van der Waals surface area contributed by atoms with Crippen LogP contribution in [0.3, 0.4) is 0 Å². The quantitative estimate of drug-likeness (QED) is 0.204. The number of aromatic nitrogens is 2. The molecule has 0 aliphatic heterocycles. The van der Waals surface area contributed by atoms with Crippen LogP contribution in [0.4, 0.5) is 0 Å². The summed E-state index contributed by atoms with van der Waals surface area (Å²) < 4.78 is 6.56. The molecule has 0 spiro atoms. The number of thioether (sulfide) groups is 1. The van der Waals surface area contributed by atoms with Gasteiger partial charge in [0.15, 0.2) is 0 Å². The molecular formula is C37H26N2OS. The van der Waals surface area contributed by atoms with E-state index in [1.807, 2.05) is 23.9 Å². The summed E-state index contributed by atoms with van der Waals surface area (Å²) in [5.41, 5.74) is 8.88. The molecule has 4 heteroatoms. The monoisotopic (exact) mass is 546 g/mol. The second-order valence-electron chi connectivity index (χ2n) is 10.3. The average Bonchev–Trinajstić information content (AvgIpc) is 3.76. The number of hydrogen-bond acceptors (Lipinski definition) is 2. The molecule has 0 aliphatic carbocycles. The lowest BCUT2D eigenvalue weighted by atomic mass is 9.94. The summed E-state index contributed by atoms with van der Waals surface area (Å²) in [6.07, 6.45) is 2.12. The van der Waals surface area contributed by atoms with E-state index >= 15 is 0 Å². The van der Waals surface area contributed by atoms with Gasteiger partial charge in [-0.25, -0.2) is 0 Å². The Labute approximate surface area is 241 Å². The number of aromatic amines is 2. The number of benzene rings is 5. The van der Waals surface area contributed by atoms with Crippen LogP contribution in [0.15, 0.2) is 143 Å². The summed E-state index contributed by atoms with van der Waals surface area (Å²) in [4.78, 5) is 8.56. The molecule has 0 unspecified atom stereocenters. The zero-order valence-electron chi connectivity index (χ0n) is 22.2. The van der Waals surface area contributed by atoms with Crippen molar-refractivity contribution in [2.45, 2.75) is 10.6 Å². The summed E-state index contributed by atoms with van der Waals surface area (Å²) in [6.45, 7) is 0. The molecule has 3 nitrogen and oxygen atoms in total. The molecule has 0 bridgehead atoms. The van der Waals surface area contributed by atoms with Gasteiger partial charge in [-0.15, -0.1) is 11.8 Å². The van der Waals surface area contributed by atoms with E-state index in [1.165, 1.54) is 21.4 Å². The first-order valence-corrected chi connectivity index (χ1v) is 14.8. The van der Waals surface area contributed by atoms with Crippen molar-refractivity contribution in [3.63, 3.8) is 0 Å². The van der Waals surface area contributed by atoms with Crippen molar-refractivity contribution >= 4 is 44.4 Å². The van der Waals surface area contributed by atoms with Gasteiger partial charge in [0.2, 0.25) is 0 Å². The number of nitrogens with one attached hydrogen (secondary N) is 2. The third-order valence-electron chi connectivity index (χ3n) is 7.75. The molecule has 0 atom stereocenters. The van der Waals surface area contributed by atoms with Gasteiger partial charge in [-0.3, -0.25) is 0 Å². The molecule has 0 radical (unpaired) electrons. The zero-order chi connectivity index (χ0) is 27.2. The van der Waals surface area contributed by atoms with Crippen molar-refractivity contribution in [2.24, 2.45) is 0 Å². The van der Waals surface area contributed by atoms with Gasteiger partial charge in [-0.2, -0.15) is 0 Å². The molecule has 0 fully saturated rings. The molecule has 8 rings (SSSR count). The molecule has 41 heavy (non-hydrogen) atoms. The Hall–Kier alpha value is -4.93. The lowest BCUT2D eigenvalue weighted by Gasteiger charge is -2.13. The molecule has 0 saturated heterocycles. The first-order chi connectivity index (χ1) is 20.3. The van der Waals surface area contributed by atoms with Crippen molar-refractivity contribution in [1.82, 2.24) is 9.97 Å². The Balaban J connectivity index is 1.36.